The molecule has 0 saturated carbocycles. The molecule has 0 aliphatic carbocycles. The summed E-state index contributed by atoms with van der Waals surface area (Å²) >= 11 is 8.91. The van der Waals surface area contributed by atoms with E-state index in [1.54, 1.807) is 42.5 Å². The Labute approximate surface area is 290 Å². The quantitative estimate of drug-likeness (QED) is 0.0482. The number of rotatable bonds is 11. The summed E-state index contributed by atoms with van der Waals surface area (Å²) in [7, 11) is 3.01. The molecule has 1 atom stereocenters. The number of carbonyl (C=O) groups is 2. The van der Waals surface area contributed by atoms with Gasteiger partial charge in [-0.2, -0.15) is 0 Å². The molecule has 0 bridgehead atoms. The average molecular weight is 700 g/mol. The molecule has 1 aliphatic rings. The predicted molar refractivity (Wildman–Crippen MR) is 187 cm³/mol. The van der Waals surface area contributed by atoms with E-state index in [2.05, 4.69) is 10.2 Å². The highest BCUT2D eigenvalue weighted by Gasteiger charge is 2.48. The highest BCUT2D eigenvalue weighted by atomic mass is 35.5. The molecular formula is C36H30ClN3O6S2. The van der Waals surface area contributed by atoms with E-state index in [9.17, 15) is 14.7 Å². The number of aryl methyl sites for hydroxylation is 1. The van der Waals surface area contributed by atoms with Crippen LogP contribution in [0.15, 0.2) is 101 Å². The SMILES string of the molecule is COc1ccc(C2/C(=C(\O)c3ccc(OCc4cccc(C)c4)cc3)C(=O)C(=O)N2c2nnc(SCc3ccccc3Cl)s2)cc1OC. The first-order valence-corrected chi connectivity index (χ1v) is 17.0. The van der Waals surface area contributed by atoms with Gasteiger partial charge in [-0.05, 0) is 66.1 Å². The second-order valence-corrected chi connectivity index (χ2v) is 13.4. The number of anilines is 1. The molecule has 48 heavy (non-hydrogen) atoms. The molecule has 0 spiro atoms. The van der Waals surface area contributed by atoms with Crippen molar-refractivity contribution < 1.29 is 28.9 Å². The maximum atomic E-state index is 13.7. The summed E-state index contributed by atoms with van der Waals surface area (Å²) < 4.78 is 17.5. The molecule has 4 aromatic carbocycles. The van der Waals surface area contributed by atoms with Crippen LogP contribution in [0.5, 0.6) is 17.2 Å². The number of nitrogens with zero attached hydrogens (tertiary/aromatic N) is 3. The minimum Gasteiger partial charge on any atom is -0.507 e. The molecule has 1 fully saturated rings. The lowest BCUT2D eigenvalue weighted by atomic mass is 9.95. The van der Waals surface area contributed by atoms with E-state index in [0.717, 1.165) is 16.7 Å². The summed E-state index contributed by atoms with van der Waals surface area (Å²) in [6, 6.07) is 26.3. The van der Waals surface area contributed by atoms with E-state index >= 15 is 0 Å². The van der Waals surface area contributed by atoms with Gasteiger partial charge in [0.15, 0.2) is 15.8 Å². The summed E-state index contributed by atoms with van der Waals surface area (Å²) in [5.74, 6) is -0.0469. The van der Waals surface area contributed by atoms with Crippen LogP contribution in [0.3, 0.4) is 0 Å². The van der Waals surface area contributed by atoms with Crippen molar-refractivity contribution in [3.05, 3.63) is 129 Å². The monoisotopic (exact) mass is 699 g/mol. The number of benzene rings is 4. The van der Waals surface area contributed by atoms with Crippen molar-refractivity contribution in [2.24, 2.45) is 0 Å². The molecule has 1 N–H and O–H groups in total. The van der Waals surface area contributed by atoms with E-state index < -0.39 is 17.7 Å². The Morgan fingerprint density at radius 2 is 1.71 bits per heavy atom. The third-order valence-electron chi connectivity index (χ3n) is 7.69. The van der Waals surface area contributed by atoms with Gasteiger partial charge in [0.05, 0.1) is 25.8 Å². The van der Waals surface area contributed by atoms with Gasteiger partial charge in [0.2, 0.25) is 5.13 Å². The van der Waals surface area contributed by atoms with Crippen molar-refractivity contribution >= 4 is 57.3 Å². The lowest BCUT2D eigenvalue weighted by Crippen LogP contribution is -2.29. The molecule has 2 heterocycles. The van der Waals surface area contributed by atoms with Crippen LogP contribution in [-0.2, 0) is 21.9 Å². The lowest BCUT2D eigenvalue weighted by Gasteiger charge is -2.23. The van der Waals surface area contributed by atoms with E-state index in [1.165, 1.54) is 42.2 Å². The summed E-state index contributed by atoms with van der Waals surface area (Å²) in [4.78, 5) is 28.7. The largest absolute Gasteiger partial charge is 0.507 e. The second-order valence-electron chi connectivity index (χ2n) is 10.8. The van der Waals surface area contributed by atoms with E-state index in [4.69, 9.17) is 25.8 Å². The molecule has 1 aromatic heterocycles. The number of ether oxygens (including phenoxy) is 3. The number of aliphatic hydroxyl groups excluding tert-OH is 1. The van der Waals surface area contributed by atoms with Gasteiger partial charge in [-0.3, -0.25) is 14.5 Å². The summed E-state index contributed by atoms with van der Waals surface area (Å²) in [5.41, 5.74) is 3.84. The minimum absolute atomic E-state index is 0.0962. The molecule has 244 valence electrons. The van der Waals surface area contributed by atoms with Gasteiger partial charge in [-0.15, -0.1) is 10.2 Å². The molecule has 12 heteroatoms. The second kappa shape index (κ2) is 14.5. The number of hydrogen-bond acceptors (Lipinski definition) is 10. The van der Waals surface area contributed by atoms with E-state index in [0.29, 0.717) is 50.1 Å². The fourth-order valence-electron chi connectivity index (χ4n) is 5.31. The first-order valence-electron chi connectivity index (χ1n) is 14.8. The Bertz CT molecular complexity index is 2010. The van der Waals surface area contributed by atoms with Crippen molar-refractivity contribution in [1.82, 2.24) is 10.2 Å². The molecule has 5 aromatic rings. The highest BCUT2D eigenvalue weighted by molar-refractivity contribution is 8.00. The van der Waals surface area contributed by atoms with Crippen LogP contribution in [0.1, 0.15) is 33.9 Å². The third kappa shape index (κ3) is 6.89. The Balaban J connectivity index is 1.34. The maximum Gasteiger partial charge on any atom is 0.301 e. The van der Waals surface area contributed by atoms with Crippen LogP contribution in [0, 0.1) is 6.92 Å². The zero-order chi connectivity index (χ0) is 33.8. The number of carbonyl (C=O) groups excluding carboxylic acids is 2. The van der Waals surface area contributed by atoms with Crippen LogP contribution in [-0.4, -0.2) is 41.2 Å². The molecule has 1 saturated heterocycles. The van der Waals surface area contributed by atoms with Crippen LogP contribution < -0.4 is 19.1 Å². The Hall–Kier alpha value is -4.84. The average Bonchev–Trinajstić information content (AvgIpc) is 3.68. The Kier molecular flexibility index (Phi) is 10.00. The number of hydrogen-bond donors (Lipinski definition) is 1. The maximum absolute atomic E-state index is 13.7. The van der Waals surface area contributed by atoms with E-state index in [1.807, 2.05) is 55.5 Å². The number of ketones is 1. The fourth-order valence-corrected chi connectivity index (χ4v) is 7.47. The van der Waals surface area contributed by atoms with Crippen LogP contribution in [0.25, 0.3) is 5.76 Å². The van der Waals surface area contributed by atoms with Crippen molar-refractivity contribution in [3.8, 4) is 17.2 Å². The summed E-state index contributed by atoms with van der Waals surface area (Å²) in [6.45, 7) is 2.39. The number of halogens is 1. The van der Waals surface area contributed by atoms with Crippen molar-refractivity contribution in [3.63, 3.8) is 0 Å². The topological polar surface area (TPSA) is 111 Å². The highest BCUT2D eigenvalue weighted by Crippen LogP contribution is 2.45. The van der Waals surface area contributed by atoms with Gasteiger partial charge in [0, 0.05) is 16.3 Å². The van der Waals surface area contributed by atoms with Crippen molar-refractivity contribution in [1.29, 1.82) is 0 Å². The smallest absolute Gasteiger partial charge is 0.301 e. The summed E-state index contributed by atoms with van der Waals surface area (Å²) in [5, 5.41) is 21.1. The third-order valence-corrected chi connectivity index (χ3v) is 10.2. The zero-order valence-electron chi connectivity index (χ0n) is 26.2. The van der Waals surface area contributed by atoms with Gasteiger partial charge in [-0.1, -0.05) is 88.8 Å². The number of aliphatic hydroxyl groups is 1. The van der Waals surface area contributed by atoms with Gasteiger partial charge in [0.1, 0.15) is 18.1 Å². The number of Topliss-reactive ketones (excluding diaryl/α,β-unsaturated/α-hetero) is 1. The first-order chi connectivity index (χ1) is 23.3. The normalized spacial score (nSPS) is 15.5. The van der Waals surface area contributed by atoms with Gasteiger partial charge >= 0.3 is 5.91 Å². The summed E-state index contributed by atoms with van der Waals surface area (Å²) in [6.07, 6.45) is 0. The van der Waals surface area contributed by atoms with Crippen molar-refractivity contribution in [2.45, 2.75) is 29.7 Å². The van der Waals surface area contributed by atoms with Gasteiger partial charge in [-0.25, -0.2) is 0 Å². The Morgan fingerprint density at radius 3 is 2.44 bits per heavy atom. The van der Waals surface area contributed by atoms with Gasteiger partial charge < -0.3 is 19.3 Å². The molecule has 1 aliphatic heterocycles. The van der Waals surface area contributed by atoms with E-state index in [-0.39, 0.29) is 16.5 Å². The Morgan fingerprint density at radius 1 is 0.938 bits per heavy atom. The molecule has 1 amide bonds. The van der Waals surface area contributed by atoms with Gasteiger partial charge in [0.25, 0.3) is 5.78 Å². The zero-order valence-corrected chi connectivity index (χ0v) is 28.6. The molecular weight excluding hydrogens is 670 g/mol. The molecule has 1 unspecified atom stereocenters. The lowest BCUT2D eigenvalue weighted by molar-refractivity contribution is -0.132. The molecule has 6 rings (SSSR count). The van der Waals surface area contributed by atoms with Crippen LogP contribution >= 0.6 is 34.7 Å². The molecule has 0 radical (unpaired) electrons. The molecule has 9 nitrogen and oxygen atoms in total. The van der Waals surface area contributed by atoms with Crippen molar-refractivity contribution in [2.75, 3.05) is 19.1 Å². The minimum atomic E-state index is -1.03. The standard InChI is InChI=1S/C36H30ClN3O6S2/c1-21-7-6-8-22(17-21)19-46-26-14-11-23(12-15-26)32(41)30-31(24-13-16-28(44-2)29(18-24)45-3)40(34(43)33(30)42)35-38-39-36(48-35)47-20-25-9-4-5-10-27(25)37/h4-18,31,41H,19-20H2,1-3H3/b32-30+. The fraction of sp³-hybridized carbons (Fsp3) is 0.167. The number of thioether (sulfide) groups is 1. The number of aromatic nitrogens is 2. The number of methoxy groups -OCH3 is 2. The first kappa shape index (κ1) is 33.1. The number of amides is 1. The van der Waals surface area contributed by atoms with Crippen LogP contribution in [0.4, 0.5) is 5.13 Å². The predicted octanol–water partition coefficient (Wildman–Crippen LogP) is 8.01. The van der Waals surface area contributed by atoms with Crippen LogP contribution in [0.2, 0.25) is 5.02 Å².